The van der Waals surface area contributed by atoms with E-state index in [-0.39, 0.29) is 21.5 Å². The van der Waals surface area contributed by atoms with Crippen molar-refractivity contribution in [2.24, 2.45) is 0 Å². The number of rotatable bonds is 1. The summed E-state index contributed by atoms with van der Waals surface area (Å²) in [6.45, 7) is 5.86. The number of aromatic nitrogens is 3. The molecule has 4 nitrogen and oxygen atoms in total. The summed E-state index contributed by atoms with van der Waals surface area (Å²) in [6.07, 6.45) is 1.42. The van der Waals surface area contributed by atoms with Gasteiger partial charge in [0.25, 0.3) is 0 Å². The van der Waals surface area contributed by atoms with Gasteiger partial charge in [0.15, 0.2) is 11.0 Å². The molecule has 0 bridgehead atoms. The molecule has 0 amide bonds. The molecule has 7 heteroatoms. The van der Waals surface area contributed by atoms with Gasteiger partial charge in [0.05, 0.1) is 5.39 Å². The Balaban J connectivity index is 2.71. The molecule has 2 rings (SSSR count). The van der Waals surface area contributed by atoms with Crippen molar-refractivity contribution in [3.8, 4) is 0 Å². The maximum Gasteiger partial charge on any atom is 0.225 e. The van der Waals surface area contributed by atoms with E-state index in [2.05, 4.69) is 20.3 Å². The lowest BCUT2D eigenvalue weighted by molar-refractivity contribution is 0.626. The summed E-state index contributed by atoms with van der Waals surface area (Å²) in [5.41, 5.74) is -0.192. The molecule has 0 atom stereocenters. The van der Waals surface area contributed by atoms with Crippen molar-refractivity contribution in [2.75, 3.05) is 5.32 Å². The number of halogens is 3. The van der Waals surface area contributed by atoms with Gasteiger partial charge in [-0.3, -0.25) is 0 Å². The van der Waals surface area contributed by atoms with Crippen molar-refractivity contribution in [2.45, 2.75) is 26.3 Å². The van der Waals surface area contributed by atoms with E-state index < -0.39 is 5.82 Å². The summed E-state index contributed by atoms with van der Waals surface area (Å²) in [5, 5.41) is 3.28. The van der Waals surface area contributed by atoms with Crippen LogP contribution in [0.25, 0.3) is 10.9 Å². The fourth-order valence-corrected chi connectivity index (χ4v) is 1.77. The molecule has 0 saturated heterocycles. The number of nitrogens with zero attached hydrogens (tertiary/aromatic N) is 3. The molecule has 2 heterocycles. The SMILES string of the molecule is CC(C)(C)Nc1nc(Cl)nc2c(F)c(Cl)ncc12. The van der Waals surface area contributed by atoms with Crippen molar-refractivity contribution in [1.82, 2.24) is 15.0 Å². The third kappa shape index (κ3) is 2.62. The van der Waals surface area contributed by atoms with Gasteiger partial charge in [-0.05, 0) is 32.4 Å². The number of fused-ring (bicyclic) bond motifs is 1. The molecule has 96 valence electrons. The van der Waals surface area contributed by atoms with Gasteiger partial charge in [-0.25, -0.2) is 19.3 Å². The highest BCUT2D eigenvalue weighted by Crippen LogP contribution is 2.28. The number of anilines is 1. The van der Waals surface area contributed by atoms with Crippen LogP contribution in [0.1, 0.15) is 20.8 Å². The van der Waals surface area contributed by atoms with Crippen LogP contribution in [0, 0.1) is 5.82 Å². The van der Waals surface area contributed by atoms with Crippen molar-refractivity contribution in [3.63, 3.8) is 0 Å². The molecule has 18 heavy (non-hydrogen) atoms. The lowest BCUT2D eigenvalue weighted by atomic mass is 10.1. The van der Waals surface area contributed by atoms with E-state index in [1.54, 1.807) is 0 Å². The summed E-state index contributed by atoms with van der Waals surface area (Å²) < 4.78 is 13.8. The molecule has 0 aliphatic heterocycles. The lowest BCUT2D eigenvalue weighted by Crippen LogP contribution is -2.27. The van der Waals surface area contributed by atoms with Gasteiger partial charge in [-0.2, -0.15) is 0 Å². The van der Waals surface area contributed by atoms with Gasteiger partial charge in [0.2, 0.25) is 5.28 Å². The number of hydrogen-bond donors (Lipinski definition) is 1. The molecule has 2 aromatic heterocycles. The van der Waals surface area contributed by atoms with Gasteiger partial charge in [0.1, 0.15) is 11.3 Å². The molecule has 0 aromatic carbocycles. The van der Waals surface area contributed by atoms with Gasteiger partial charge in [-0.1, -0.05) is 11.6 Å². The van der Waals surface area contributed by atoms with Crippen LogP contribution in [0.5, 0.6) is 0 Å². The fraction of sp³-hybridized carbons (Fsp3) is 0.364. The zero-order chi connectivity index (χ0) is 13.5. The molecule has 0 spiro atoms. The molecular formula is C11H11Cl2FN4. The maximum absolute atomic E-state index is 13.8. The molecule has 0 radical (unpaired) electrons. The molecule has 1 N–H and O–H groups in total. The lowest BCUT2D eigenvalue weighted by Gasteiger charge is -2.22. The number of pyridine rings is 1. The van der Waals surface area contributed by atoms with Crippen molar-refractivity contribution in [3.05, 3.63) is 22.5 Å². The van der Waals surface area contributed by atoms with Gasteiger partial charge >= 0.3 is 0 Å². The summed E-state index contributed by atoms with van der Waals surface area (Å²) in [4.78, 5) is 11.6. The molecular weight excluding hydrogens is 278 g/mol. The molecule has 0 aliphatic rings. The Morgan fingerprint density at radius 3 is 2.50 bits per heavy atom. The van der Waals surface area contributed by atoms with Crippen LogP contribution in [0.3, 0.4) is 0 Å². The van der Waals surface area contributed by atoms with Crippen molar-refractivity contribution in [1.29, 1.82) is 0 Å². The van der Waals surface area contributed by atoms with E-state index in [4.69, 9.17) is 23.2 Å². The maximum atomic E-state index is 13.8. The first kappa shape index (κ1) is 13.2. The van der Waals surface area contributed by atoms with Crippen molar-refractivity contribution < 1.29 is 4.39 Å². The largest absolute Gasteiger partial charge is 0.365 e. The molecule has 0 fully saturated rings. The molecule has 2 aromatic rings. The minimum absolute atomic E-state index is 0.0459. The summed E-state index contributed by atoms with van der Waals surface area (Å²) in [6, 6.07) is 0. The first-order chi connectivity index (χ1) is 8.28. The van der Waals surface area contributed by atoms with Crippen LogP contribution < -0.4 is 5.32 Å². The number of hydrogen-bond acceptors (Lipinski definition) is 4. The highest BCUT2D eigenvalue weighted by molar-refractivity contribution is 6.30. The third-order valence-electron chi connectivity index (χ3n) is 2.11. The second kappa shape index (κ2) is 4.48. The second-order valence-corrected chi connectivity index (χ2v) is 5.54. The average Bonchev–Trinajstić information content (AvgIpc) is 2.21. The Kier molecular flexibility index (Phi) is 3.29. The van der Waals surface area contributed by atoms with Crippen LogP contribution in [-0.2, 0) is 0 Å². The monoisotopic (exact) mass is 288 g/mol. The average molecular weight is 289 g/mol. The fourth-order valence-electron chi connectivity index (χ4n) is 1.46. The predicted octanol–water partition coefficient (Wildman–Crippen LogP) is 3.68. The topological polar surface area (TPSA) is 50.7 Å². The van der Waals surface area contributed by atoms with E-state index in [0.29, 0.717) is 11.2 Å². The minimum atomic E-state index is -0.699. The number of nitrogens with one attached hydrogen (secondary N) is 1. The quantitative estimate of drug-likeness (QED) is 0.642. The summed E-state index contributed by atoms with van der Waals surface area (Å²) >= 11 is 11.4. The smallest absolute Gasteiger partial charge is 0.225 e. The zero-order valence-corrected chi connectivity index (χ0v) is 11.6. The van der Waals surface area contributed by atoms with Crippen LogP contribution in [-0.4, -0.2) is 20.5 Å². The Morgan fingerprint density at radius 2 is 1.89 bits per heavy atom. The normalized spacial score (nSPS) is 11.9. The van der Waals surface area contributed by atoms with Gasteiger partial charge in [-0.15, -0.1) is 0 Å². The Labute approximate surface area is 114 Å². The summed E-state index contributed by atoms with van der Waals surface area (Å²) in [7, 11) is 0. The van der Waals surface area contributed by atoms with E-state index in [9.17, 15) is 4.39 Å². The van der Waals surface area contributed by atoms with Gasteiger partial charge in [0, 0.05) is 11.7 Å². The minimum Gasteiger partial charge on any atom is -0.365 e. The van der Waals surface area contributed by atoms with Gasteiger partial charge < -0.3 is 5.32 Å². The van der Waals surface area contributed by atoms with E-state index >= 15 is 0 Å². The molecule has 0 aliphatic carbocycles. The first-order valence-electron chi connectivity index (χ1n) is 5.23. The standard InChI is InChI=1S/C11H11Cl2FN4/c1-11(2,3)18-9-5-4-15-8(12)6(14)7(5)16-10(13)17-9/h4H,1-3H3,(H,16,17,18). The third-order valence-corrected chi connectivity index (χ3v) is 2.54. The molecule has 0 saturated carbocycles. The van der Waals surface area contributed by atoms with Crippen LogP contribution in [0.4, 0.5) is 10.2 Å². The second-order valence-electron chi connectivity index (χ2n) is 4.84. The van der Waals surface area contributed by atoms with Crippen LogP contribution in [0.2, 0.25) is 10.4 Å². The van der Waals surface area contributed by atoms with E-state index in [0.717, 1.165) is 0 Å². The highest BCUT2D eigenvalue weighted by Gasteiger charge is 2.17. The summed E-state index contributed by atoms with van der Waals surface area (Å²) in [5.74, 6) is -0.268. The van der Waals surface area contributed by atoms with Crippen molar-refractivity contribution >= 4 is 39.9 Å². The van der Waals surface area contributed by atoms with Crippen LogP contribution in [0.15, 0.2) is 6.20 Å². The zero-order valence-electron chi connectivity index (χ0n) is 10.1. The van der Waals surface area contributed by atoms with Crippen LogP contribution >= 0.6 is 23.2 Å². The Hall–Kier alpha value is -1.20. The first-order valence-corrected chi connectivity index (χ1v) is 5.99. The van der Waals surface area contributed by atoms with E-state index in [1.807, 2.05) is 20.8 Å². The van der Waals surface area contributed by atoms with E-state index in [1.165, 1.54) is 6.20 Å². The predicted molar refractivity (Wildman–Crippen MR) is 70.7 cm³/mol. The Morgan fingerprint density at radius 1 is 1.22 bits per heavy atom. The highest BCUT2D eigenvalue weighted by atomic mass is 35.5. The molecule has 0 unspecified atom stereocenters. The Bertz CT molecular complexity index is 610.